The molecule has 1 spiro atoms. The highest BCUT2D eigenvalue weighted by Gasteiger charge is 2.42. The summed E-state index contributed by atoms with van der Waals surface area (Å²) in [5.41, 5.74) is 2.74. The predicted octanol–water partition coefficient (Wildman–Crippen LogP) is 1.86. The van der Waals surface area contributed by atoms with E-state index in [9.17, 15) is 9.59 Å². The Kier molecular flexibility index (Phi) is 3.24. The number of methoxy groups -OCH3 is 1. The molecule has 1 aliphatic heterocycles. The molecule has 3 rings (SSSR count). The average molecular weight is 273 g/mol. The number of nitrogens with one attached hydrogen (secondary N) is 1. The van der Waals surface area contributed by atoms with E-state index in [4.69, 9.17) is 4.74 Å². The second-order valence-electron chi connectivity index (χ2n) is 5.79. The molecule has 0 saturated carbocycles. The number of fused-ring (bicyclic) bond motifs is 1. The second kappa shape index (κ2) is 4.93. The Labute approximate surface area is 118 Å². The first-order chi connectivity index (χ1) is 9.64. The summed E-state index contributed by atoms with van der Waals surface area (Å²) in [6, 6.07) is 5.68. The van der Waals surface area contributed by atoms with Gasteiger partial charge in [-0.2, -0.15) is 0 Å². The summed E-state index contributed by atoms with van der Waals surface area (Å²) in [5.74, 6) is -0.102. The van der Waals surface area contributed by atoms with Crippen molar-refractivity contribution in [2.45, 2.75) is 32.1 Å². The molecular weight excluding hydrogens is 254 g/mol. The quantitative estimate of drug-likeness (QED) is 0.795. The van der Waals surface area contributed by atoms with Gasteiger partial charge in [-0.1, -0.05) is 6.07 Å². The molecule has 1 aromatic rings. The van der Waals surface area contributed by atoms with Crippen molar-refractivity contribution in [3.05, 3.63) is 34.9 Å². The summed E-state index contributed by atoms with van der Waals surface area (Å²) < 4.78 is 4.75. The first kappa shape index (κ1) is 13.2. The predicted molar refractivity (Wildman–Crippen MR) is 74.5 cm³/mol. The van der Waals surface area contributed by atoms with E-state index in [0.29, 0.717) is 5.56 Å². The number of hydrogen-bond donors (Lipinski definition) is 1. The van der Waals surface area contributed by atoms with E-state index in [1.54, 1.807) is 6.07 Å². The third-order valence-electron chi connectivity index (χ3n) is 4.63. The highest BCUT2D eigenvalue weighted by molar-refractivity contribution is 5.90. The lowest BCUT2D eigenvalue weighted by atomic mass is 9.67. The molecule has 4 nitrogen and oxygen atoms in total. The molecule has 1 fully saturated rings. The minimum atomic E-state index is -0.302. The third kappa shape index (κ3) is 2.09. The summed E-state index contributed by atoms with van der Waals surface area (Å²) in [6.07, 6.45) is 4.54. The Morgan fingerprint density at radius 1 is 1.30 bits per heavy atom. The van der Waals surface area contributed by atoms with Crippen molar-refractivity contribution < 1.29 is 14.3 Å². The molecule has 4 heteroatoms. The largest absolute Gasteiger partial charge is 0.465 e. The molecule has 20 heavy (non-hydrogen) atoms. The van der Waals surface area contributed by atoms with Gasteiger partial charge in [-0.15, -0.1) is 0 Å². The number of amides is 1. The van der Waals surface area contributed by atoms with Crippen molar-refractivity contribution in [1.82, 2.24) is 5.32 Å². The molecule has 0 radical (unpaired) electrons. The van der Waals surface area contributed by atoms with Crippen LogP contribution in [-0.2, 0) is 22.4 Å². The number of rotatable bonds is 1. The van der Waals surface area contributed by atoms with Crippen molar-refractivity contribution in [3.63, 3.8) is 0 Å². The Hall–Kier alpha value is -1.84. The van der Waals surface area contributed by atoms with Crippen LogP contribution in [-0.4, -0.2) is 25.5 Å². The van der Waals surface area contributed by atoms with Gasteiger partial charge in [0.1, 0.15) is 0 Å². The number of benzene rings is 1. The number of carbonyl (C=O) groups excluding carboxylic acids is 2. The molecule has 1 amide bonds. The Balaban J connectivity index is 1.89. The third-order valence-corrected chi connectivity index (χ3v) is 4.63. The van der Waals surface area contributed by atoms with Crippen molar-refractivity contribution >= 4 is 11.9 Å². The van der Waals surface area contributed by atoms with Crippen LogP contribution in [0.5, 0.6) is 0 Å². The van der Waals surface area contributed by atoms with Crippen LogP contribution in [0.1, 0.15) is 40.7 Å². The minimum Gasteiger partial charge on any atom is -0.465 e. The number of hydrogen-bond acceptors (Lipinski definition) is 3. The van der Waals surface area contributed by atoms with Gasteiger partial charge < -0.3 is 10.1 Å². The maximum atomic E-state index is 12.2. The number of piperidine rings is 1. The van der Waals surface area contributed by atoms with Gasteiger partial charge in [-0.3, -0.25) is 4.79 Å². The molecule has 1 unspecified atom stereocenters. The molecule has 1 N–H and O–H groups in total. The van der Waals surface area contributed by atoms with Gasteiger partial charge in [0.2, 0.25) is 5.91 Å². The summed E-state index contributed by atoms with van der Waals surface area (Å²) in [6.45, 7) is 0.800. The van der Waals surface area contributed by atoms with E-state index in [2.05, 4.69) is 5.32 Å². The van der Waals surface area contributed by atoms with E-state index in [-0.39, 0.29) is 17.3 Å². The van der Waals surface area contributed by atoms with Crippen molar-refractivity contribution in [2.75, 3.05) is 13.7 Å². The Bertz CT molecular complexity index is 567. The standard InChI is InChI=1S/C16H19NO3/c1-20-14(18)12-3-4-13-10-16(7-5-11(13)9-12)6-2-8-17-15(16)19/h3-4,9H,2,5-8,10H2,1H3,(H,17,19). The molecule has 2 aliphatic rings. The molecule has 1 aliphatic carbocycles. The summed E-state index contributed by atoms with van der Waals surface area (Å²) in [7, 11) is 1.39. The summed E-state index contributed by atoms with van der Waals surface area (Å²) >= 11 is 0. The van der Waals surface area contributed by atoms with E-state index in [1.807, 2.05) is 12.1 Å². The molecule has 1 heterocycles. The van der Waals surface area contributed by atoms with Crippen LogP contribution in [0.25, 0.3) is 0 Å². The van der Waals surface area contributed by atoms with Crippen LogP contribution >= 0.6 is 0 Å². The van der Waals surface area contributed by atoms with Crippen LogP contribution in [0.3, 0.4) is 0 Å². The molecule has 106 valence electrons. The lowest BCUT2D eigenvalue weighted by Crippen LogP contribution is -2.48. The van der Waals surface area contributed by atoms with Gasteiger partial charge in [-0.05, 0) is 55.4 Å². The highest BCUT2D eigenvalue weighted by atomic mass is 16.5. The lowest BCUT2D eigenvalue weighted by molar-refractivity contribution is -0.134. The van der Waals surface area contributed by atoms with Crippen LogP contribution in [0.4, 0.5) is 0 Å². The first-order valence-corrected chi connectivity index (χ1v) is 7.13. The fourth-order valence-electron chi connectivity index (χ4n) is 3.44. The minimum absolute atomic E-state index is 0.200. The fraction of sp³-hybridized carbons (Fsp3) is 0.500. The van der Waals surface area contributed by atoms with Gasteiger partial charge in [0, 0.05) is 6.54 Å². The molecular formula is C16H19NO3. The molecule has 1 aromatic carbocycles. The lowest BCUT2D eigenvalue weighted by Gasteiger charge is -2.39. The van der Waals surface area contributed by atoms with Gasteiger partial charge in [0.25, 0.3) is 0 Å². The normalized spacial score (nSPS) is 24.9. The highest BCUT2D eigenvalue weighted by Crippen LogP contribution is 2.41. The average Bonchev–Trinajstić information content (AvgIpc) is 2.49. The zero-order valence-corrected chi connectivity index (χ0v) is 11.7. The van der Waals surface area contributed by atoms with E-state index >= 15 is 0 Å². The first-order valence-electron chi connectivity index (χ1n) is 7.13. The smallest absolute Gasteiger partial charge is 0.337 e. The van der Waals surface area contributed by atoms with Crippen molar-refractivity contribution in [3.8, 4) is 0 Å². The number of aryl methyl sites for hydroxylation is 1. The topological polar surface area (TPSA) is 55.4 Å². The Morgan fingerprint density at radius 2 is 2.15 bits per heavy atom. The van der Waals surface area contributed by atoms with Crippen LogP contribution in [0.15, 0.2) is 18.2 Å². The van der Waals surface area contributed by atoms with Gasteiger partial charge >= 0.3 is 5.97 Å². The summed E-state index contributed by atoms with van der Waals surface area (Å²) in [4.78, 5) is 23.8. The van der Waals surface area contributed by atoms with E-state index in [0.717, 1.165) is 38.6 Å². The maximum Gasteiger partial charge on any atom is 0.337 e. The zero-order chi connectivity index (χ0) is 14.2. The SMILES string of the molecule is COC(=O)c1ccc2c(c1)CCC1(CCCNC1=O)C2. The van der Waals surface area contributed by atoms with Crippen LogP contribution in [0, 0.1) is 5.41 Å². The maximum absolute atomic E-state index is 12.2. The van der Waals surface area contributed by atoms with E-state index < -0.39 is 0 Å². The fourth-order valence-corrected chi connectivity index (χ4v) is 3.44. The number of carbonyl (C=O) groups is 2. The number of esters is 1. The zero-order valence-electron chi connectivity index (χ0n) is 11.7. The summed E-state index contributed by atoms with van der Waals surface area (Å²) in [5, 5.41) is 3.00. The molecule has 1 saturated heterocycles. The van der Waals surface area contributed by atoms with Crippen molar-refractivity contribution in [1.29, 1.82) is 0 Å². The van der Waals surface area contributed by atoms with Gasteiger partial charge in [0.05, 0.1) is 18.1 Å². The Morgan fingerprint density at radius 3 is 2.90 bits per heavy atom. The van der Waals surface area contributed by atoms with Gasteiger partial charge in [0.15, 0.2) is 0 Å². The number of ether oxygens (including phenoxy) is 1. The second-order valence-corrected chi connectivity index (χ2v) is 5.79. The molecule has 1 atom stereocenters. The van der Waals surface area contributed by atoms with Crippen molar-refractivity contribution in [2.24, 2.45) is 5.41 Å². The van der Waals surface area contributed by atoms with Gasteiger partial charge in [-0.25, -0.2) is 4.79 Å². The van der Waals surface area contributed by atoms with Crippen LogP contribution < -0.4 is 5.32 Å². The molecule has 0 bridgehead atoms. The molecule has 0 aromatic heterocycles. The van der Waals surface area contributed by atoms with E-state index in [1.165, 1.54) is 18.2 Å². The monoisotopic (exact) mass is 273 g/mol. The van der Waals surface area contributed by atoms with Crippen LogP contribution in [0.2, 0.25) is 0 Å².